The van der Waals surface area contributed by atoms with Crippen LogP contribution in [-0.4, -0.2) is 208 Å². The topological polar surface area (TPSA) is 508 Å². The molecule has 0 radical (unpaired) electrons. The van der Waals surface area contributed by atoms with Crippen LogP contribution >= 0.6 is 21.6 Å². The molecule has 11 amide bonds. The van der Waals surface area contributed by atoms with Crippen LogP contribution in [0.1, 0.15) is 161 Å². The molecule has 33 nitrogen and oxygen atoms in total. The van der Waals surface area contributed by atoms with E-state index in [4.69, 9.17) is 21.2 Å². The molecule has 2 saturated heterocycles. The highest BCUT2D eigenvalue weighted by Gasteiger charge is 2.48. The highest BCUT2D eigenvalue weighted by atomic mass is 33.1. The summed E-state index contributed by atoms with van der Waals surface area (Å²) >= 11 is 0. The van der Waals surface area contributed by atoms with Crippen molar-refractivity contribution in [1.82, 2.24) is 73.4 Å². The van der Waals surface area contributed by atoms with Gasteiger partial charge < -0.3 is 94.7 Å². The minimum absolute atomic E-state index is 0.00605. The number of aromatic amines is 3. The smallest absolute Gasteiger partial charge is 0.321 e. The number of rotatable bonds is 21. The molecule has 0 unspecified atom stereocenters. The Hall–Kier alpha value is -10.0. The van der Waals surface area contributed by atoms with E-state index in [-0.39, 0.29) is 106 Å². The van der Waals surface area contributed by atoms with Crippen molar-refractivity contribution in [2.45, 2.75) is 182 Å². The summed E-state index contributed by atoms with van der Waals surface area (Å²) in [5.74, 6) is -13.3. The first-order chi connectivity index (χ1) is 51.8. The minimum atomic E-state index is -1.74. The quantitative estimate of drug-likeness (QED) is 0.0148. The van der Waals surface area contributed by atoms with Crippen LogP contribution in [0.4, 0.5) is 0 Å². The molecule has 35 heteroatoms. The molecular formula is C74H104N18O15S2. The van der Waals surface area contributed by atoms with Crippen molar-refractivity contribution in [1.29, 1.82) is 0 Å². The summed E-state index contributed by atoms with van der Waals surface area (Å²) in [4.78, 5) is 202. The Labute approximate surface area is 639 Å². The molecule has 1 aliphatic carbocycles. The number of methoxy groups -OCH3 is 1. The average Bonchev–Trinajstić information content (AvgIpc) is 1.56. The number of allylic oxidation sites excluding steroid dienone is 1. The number of ketones is 1. The molecule has 3 aromatic rings. The maximum Gasteiger partial charge on any atom is 0.321 e. The molecule has 11 atom stereocenters. The fraction of sp³-hybridized carbons (Fsp3) is 0.554. The Bertz CT molecular complexity index is 4260. The van der Waals surface area contributed by atoms with E-state index < -0.39 is 151 Å². The predicted molar refractivity (Wildman–Crippen MR) is 412 cm³/mol. The van der Waals surface area contributed by atoms with Gasteiger partial charge in [-0.05, 0) is 124 Å². The van der Waals surface area contributed by atoms with Crippen LogP contribution in [0.3, 0.4) is 0 Å². The first-order valence-electron chi connectivity index (χ1n) is 36.8. The third-order valence-electron chi connectivity index (χ3n) is 20.0. The van der Waals surface area contributed by atoms with Gasteiger partial charge in [-0.15, -0.1) is 0 Å². The molecule has 10 bridgehead atoms. The highest BCUT2D eigenvalue weighted by Crippen LogP contribution is 2.42. The van der Waals surface area contributed by atoms with E-state index in [9.17, 15) is 67.4 Å². The molecule has 19 N–H and O–H groups in total. The molecule has 0 saturated carbocycles. The van der Waals surface area contributed by atoms with Crippen LogP contribution in [0.15, 0.2) is 22.3 Å². The molecule has 592 valence electrons. The first kappa shape index (κ1) is 84.6. The number of aliphatic imine (C=N–C) groups is 2. The Morgan fingerprint density at radius 2 is 1.28 bits per heavy atom. The number of aliphatic hydroxyl groups excluding tert-OH is 1. The van der Waals surface area contributed by atoms with Crippen molar-refractivity contribution in [2.24, 2.45) is 51.0 Å². The van der Waals surface area contributed by atoms with Crippen LogP contribution in [0, 0.1) is 50.4 Å². The number of esters is 1. The number of carbonyl (C=O) groups is 13. The fourth-order valence-corrected chi connectivity index (χ4v) is 16.3. The standard InChI is InChI=1S/C74H104N18O15S2/c1-13-40-35(7)44-25-46-37(9)42(62(85-46)60-61(73(106)107-12)64(97)59-38(10)47(86-63(59)60)27-49-41(14-2)36(8)45(83-49)26-48(40)82-44)18-19-56(94)77-21-16-22-78-57(95)28-52-69(102)88-50(23-33(3)4)67(100)81-39(11)65(98)90-53(30-93)70(103)89-51(24-34(5)6)68(101)91-55-32-109-108-31-54(92-72(55)105)71(104)87-43(17-15-20-79-74(75)76)66(99)80-29-58(96)84-52/h13,25,27,33-34,37,39,42-43,50-55,61,82-83,86,93H,1,14-24,26,28-32H2,2-12H3,(H,77,94)(H,78,95)(H,80,99)(H,81,100)(H,84,96)(H,87,104)(H,88,102)(H,89,103)(H,90,98)(H,91,101)(H,92,105)(H4,75,76,79)/t37-,39-,42-,43-,50-,51-,52-,53-,54-,55-,61+/m0/s1. The Morgan fingerprint density at radius 3 is 1.89 bits per heavy atom. The second kappa shape index (κ2) is 38.4. The Balaban J connectivity index is 0.992. The molecule has 5 aliphatic rings. The van der Waals surface area contributed by atoms with Crippen LogP contribution in [-0.2, 0) is 75.1 Å². The van der Waals surface area contributed by atoms with E-state index in [1.165, 1.54) is 35.6 Å². The maximum atomic E-state index is 14.6. The molecular weight excluding hydrogens is 1450 g/mol. The zero-order valence-electron chi connectivity index (χ0n) is 63.5. The lowest BCUT2D eigenvalue weighted by molar-refractivity contribution is -0.142. The normalized spacial score (nSPS) is 24.1. The lowest BCUT2D eigenvalue weighted by Gasteiger charge is -2.29. The third-order valence-corrected chi connectivity index (χ3v) is 22.4. The summed E-state index contributed by atoms with van der Waals surface area (Å²) in [6.07, 6.45) is 6.76. The predicted octanol–water partition coefficient (Wildman–Crippen LogP) is -1.23. The Kier molecular flexibility index (Phi) is 29.8. The highest BCUT2D eigenvalue weighted by molar-refractivity contribution is 8.76. The third kappa shape index (κ3) is 21.3. The van der Waals surface area contributed by atoms with E-state index in [0.717, 1.165) is 51.5 Å². The summed E-state index contributed by atoms with van der Waals surface area (Å²) in [6.45, 7) is 20.7. The van der Waals surface area contributed by atoms with E-state index >= 15 is 0 Å². The van der Waals surface area contributed by atoms with E-state index in [1.54, 1.807) is 27.7 Å². The number of aromatic nitrogens is 3. The summed E-state index contributed by atoms with van der Waals surface area (Å²) < 4.78 is 5.30. The van der Waals surface area contributed by atoms with Crippen LogP contribution in [0.5, 0.6) is 0 Å². The first-order valence-corrected chi connectivity index (χ1v) is 39.3. The number of nitrogens with two attached hydrogens (primary N) is 2. The molecule has 4 aliphatic heterocycles. The van der Waals surface area contributed by atoms with Crippen molar-refractivity contribution in [3.63, 3.8) is 0 Å². The van der Waals surface area contributed by atoms with Gasteiger partial charge in [0.2, 0.25) is 65.0 Å². The number of Topliss-reactive ketones (excluding diaryl/α,β-unsaturated/α-hetero) is 1. The summed E-state index contributed by atoms with van der Waals surface area (Å²) in [7, 11) is 3.58. The number of nitrogens with one attached hydrogen (secondary N) is 14. The molecule has 7 heterocycles. The fourth-order valence-electron chi connectivity index (χ4n) is 14.0. The molecule has 3 aromatic heterocycles. The van der Waals surface area contributed by atoms with Crippen LogP contribution in [0.2, 0.25) is 0 Å². The van der Waals surface area contributed by atoms with Gasteiger partial charge in [0.15, 0.2) is 11.7 Å². The number of ether oxygens (including phenoxy) is 1. The van der Waals surface area contributed by atoms with Crippen molar-refractivity contribution in [3.8, 4) is 0 Å². The van der Waals surface area contributed by atoms with Crippen molar-refractivity contribution < 1.29 is 72.2 Å². The van der Waals surface area contributed by atoms with E-state index in [1.807, 2.05) is 39.0 Å². The van der Waals surface area contributed by atoms with Gasteiger partial charge in [-0.1, -0.05) is 75.8 Å². The van der Waals surface area contributed by atoms with Gasteiger partial charge in [0.1, 0.15) is 54.3 Å². The lowest BCUT2D eigenvalue weighted by Crippen LogP contribution is -2.61. The van der Waals surface area contributed by atoms with Crippen molar-refractivity contribution in [3.05, 3.63) is 79.1 Å². The second-order valence-electron chi connectivity index (χ2n) is 28.9. The average molecular weight is 1550 g/mol. The van der Waals surface area contributed by atoms with E-state index in [2.05, 4.69) is 98.9 Å². The number of amides is 11. The summed E-state index contributed by atoms with van der Waals surface area (Å²) in [5, 5.41) is 40.0. The number of H-pyrrole nitrogens is 3. The molecule has 0 spiro atoms. The SMILES string of the molecule is C=Cc1c2[nH]c(c1C)C=C1N=C(C3=c4[nH]c(c(C)c4C(=O)[C@@H]3C(=O)OC)=Cc3[nH]c(c(C)c3CC)C2)[C@@H](CCC(=O)NCCCNC(=O)C[C@@H]2NC(=O)CNC(=O)[C@H](CCCN=C(N)N)NC(=O)[C@@H]3CSSC[C@H](NC(=O)[C@H](CC(C)C)NC(=O)[C@H](CO)NC(=O)[C@H](C)NC(=O)[C@H](CC(C)C)NC2=O)C(=O)N3)[C@@H]1C. The zero-order chi connectivity index (χ0) is 79.8. The lowest BCUT2D eigenvalue weighted by atomic mass is 9.81. The monoisotopic (exact) mass is 1550 g/mol. The number of hydrogen-bond acceptors (Lipinski definition) is 19. The second-order valence-corrected chi connectivity index (χ2v) is 31.4. The van der Waals surface area contributed by atoms with Crippen molar-refractivity contribution >= 4 is 134 Å². The summed E-state index contributed by atoms with van der Waals surface area (Å²) in [5.41, 5.74) is 21.4. The van der Waals surface area contributed by atoms with Gasteiger partial charge in [-0.2, -0.15) is 0 Å². The molecule has 0 aromatic carbocycles. The Morgan fingerprint density at radius 1 is 0.688 bits per heavy atom. The molecule has 2 fully saturated rings. The number of guanidine groups is 1. The minimum Gasteiger partial charge on any atom is -0.468 e. The van der Waals surface area contributed by atoms with Crippen LogP contribution in [0.25, 0.3) is 23.8 Å². The van der Waals surface area contributed by atoms with Gasteiger partial charge >= 0.3 is 5.97 Å². The largest absolute Gasteiger partial charge is 0.468 e. The summed E-state index contributed by atoms with van der Waals surface area (Å²) in [6, 6.07) is -11.4. The van der Waals surface area contributed by atoms with Crippen molar-refractivity contribution in [2.75, 3.05) is 51.4 Å². The van der Waals surface area contributed by atoms with Crippen LogP contribution < -0.4 is 80.7 Å². The van der Waals surface area contributed by atoms with Gasteiger partial charge in [-0.25, -0.2) is 0 Å². The molecule has 109 heavy (non-hydrogen) atoms. The van der Waals surface area contributed by atoms with Gasteiger partial charge in [0, 0.05) is 101 Å². The number of fused-ring (bicyclic) bond motifs is 10. The molecule has 8 rings (SSSR count). The van der Waals surface area contributed by atoms with Gasteiger partial charge in [0.25, 0.3) is 0 Å². The van der Waals surface area contributed by atoms with Gasteiger partial charge in [0.05, 0.1) is 37.7 Å². The number of aliphatic hydroxyl groups is 1. The number of hydrogen-bond donors (Lipinski definition) is 17. The van der Waals surface area contributed by atoms with E-state index in [0.29, 0.717) is 45.2 Å². The zero-order valence-corrected chi connectivity index (χ0v) is 65.1. The van der Waals surface area contributed by atoms with Gasteiger partial charge in [-0.3, -0.25) is 72.3 Å². The maximum absolute atomic E-state index is 14.6. The number of nitrogens with zero attached hydrogens (tertiary/aromatic N) is 2. The number of carbonyl (C=O) groups excluding carboxylic acids is 13.